The molecule has 1 aromatic heterocycles. The van der Waals surface area contributed by atoms with E-state index in [4.69, 9.17) is 9.47 Å². The predicted molar refractivity (Wildman–Crippen MR) is 91.8 cm³/mol. The summed E-state index contributed by atoms with van der Waals surface area (Å²) < 4.78 is 10.6. The summed E-state index contributed by atoms with van der Waals surface area (Å²) >= 11 is 0. The molecule has 0 atom stereocenters. The molecule has 0 saturated carbocycles. The highest BCUT2D eigenvalue weighted by Crippen LogP contribution is 2.24. The van der Waals surface area contributed by atoms with Crippen LogP contribution in [0.2, 0.25) is 0 Å². The molecular formula is C20H17NO3. The largest absolute Gasteiger partial charge is 0.486 e. The van der Waals surface area contributed by atoms with Crippen molar-refractivity contribution in [3.8, 4) is 17.0 Å². The number of ether oxygens (including phenoxy) is 2. The number of carbonyl (C=O) groups is 1. The summed E-state index contributed by atoms with van der Waals surface area (Å²) in [6, 6.07) is 23.0. The molecule has 1 heterocycles. The summed E-state index contributed by atoms with van der Waals surface area (Å²) in [7, 11) is 1.33. The first-order chi connectivity index (χ1) is 11.8. The summed E-state index contributed by atoms with van der Waals surface area (Å²) in [6.07, 6.45) is 0. The quantitative estimate of drug-likeness (QED) is 0.664. The van der Waals surface area contributed by atoms with E-state index < -0.39 is 5.97 Å². The molecule has 0 bridgehead atoms. The van der Waals surface area contributed by atoms with Crippen LogP contribution in [-0.2, 0) is 11.3 Å². The standard InChI is InChI=1S/C20H17NO3/c1-23-20(22)19-18(24-14-15-8-4-2-5-9-15)13-12-17(21-19)16-10-6-3-7-11-16/h2-13H,14H2,1H3. The third kappa shape index (κ3) is 3.60. The molecule has 0 aliphatic heterocycles. The van der Waals surface area contributed by atoms with Gasteiger partial charge in [-0.3, -0.25) is 0 Å². The smallest absolute Gasteiger partial charge is 0.360 e. The van der Waals surface area contributed by atoms with E-state index in [9.17, 15) is 4.79 Å². The number of carbonyl (C=O) groups excluding carboxylic acids is 1. The van der Waals surface area contributed by atoms with Gasteiger partial charge in [0.05, 0.1) is 12.8 Å². The summed E-state index contributed by atoms with van der Waals surface area (Å²) in [5.74, 6) is -0.110. The Morgan fingerprint density at radius 3 is 2.25 bits per heavy atom. The number of hydrogen-bond donors (Lipinski definition) is 0. The molecule has 3 aromatic rings. The van der Waals surface area contributed by atoms with Gasteiger partial charge in [0.1, 0.15) is 6.61 Å². The van der Waals surface area contributed by atoms with Gasteiger partial charge in [-0.2, -0.15) is 0 Å². The Kier molecular flexibility index (Phi) is 4.87. The molecule has 4 nitrogen and oxygen atoms in total. The average molecular weight is 319 g/mol. The maximum absolute atomic E-state index is 12.1. The number of hydrogen-bond acceptors (Lipinski definition) is 4. The van der Waals surface area contributed by atoms with Crippen molar-refractivity contribution in [3.05, 3.63) is 84.1 Å². The summed E-state index contributed by atoms with van der Waals surface area (Å²) in [6.45, 7) is 0.358. The molecule has 4 heteroatoms. The van der Waals surface area contributed by atoms with Gasteiger partial charge in [-0.05, 0) is 17.7 Å². The van der Waals surface area contributed by atoms with Gasteiger partial charge in [-0.1, -0.05) is 60.7 Å². The van der Waals surface area contributed by atoms with Crippen LogP contribution in [0, 0.1) is 0 Å². The molecule has 0 unspecified atom stereocenters. The number of aromatic nitrogens is 1. The van der Waals surface area contributed by atoms with E-state index in [1.165, 1.54) is 7.11 Å². The Bertz CT molecular complexity index is 817. The molecule has 120 valence electrons. The number of benzene rings is 2. The Labute approximate surface area is 140 Å². The second-order valence-electron chi connectivity index (χ2n) is 5.18. The van der Waals surface area contributed by atoms with E-state index in [2.05, 4.69) is 4.98 Å². The minimum absolute atomic E-state index is 0.176. The van der Waals surface area contributed by atoms with Crippen LogP contribution in [0.5, 0.6) is 5.75 Å². The lowest BCUT2D eigenvalue weighted by molar-refractivity contribution is 0.0588. The number of pyridine rings is 1. The molecule has 0 fully saturated rings. The van der Waals surface area contributed by atoms with Crippen molar-refractivity contribution in [1.29, 1.82) is 0 Å². The molecule has 2 aromatic carbocycles. The van der Waals surface area contributed by atoms with Crippen molar-refractivity contribution in [2.75, 3.05) is 7.11 Å². The first kappa shape index (κ1) is 15.7. The van der Waals surface area contributed by atoms with Crippen molar-refractivity contribution in [2.24, 2.45) is 0 Å². The van der Waals surface area contributed by atoms with Crippen molar-refractivity contribution >= 4 is 5.97 Å². The van der Waals surface area contributed by atoms with Crippen LogP contribution in [0.15, 0.2) is 72.8 Å². The highest BCUT2D eigenvalue weighted by atomic mass is 16.5. The molecule has 0 radical (unpaired) electrons. The molecule has 0 saturated heterocycles. The van der Waals surface area contributed by atoms with E-state index in [0.29, 0.717) is 18.1 Å². The molecule has 0 aliphatic rings. The Morgan fingerprint density at radius 2 is 1.58 bits per heavy atom. The third-order valence-electron chi connectivity index (χ3n) is 3.54. The average Bonchev–Trinajstić information content (AvgIpc) is 2.67. The maximum Gasteiger partial charge on any atom is 0.360 e. The molecule has 0 spiro atoms. The predicted octanol–water partition coefficient (Wildman–Crippen LogP) is 4.11. The molecule has 0 aliphatic carbocycles. The summed E-state index contributed by atoms with van der Waals surface area (Å²) in [5.41, 5.74) is 2.82. The zero-order valence-corrected chi connectivity index (χ0v) is 13.3. The second kappa shape index (κ2) is 7.42. The van der Waals surface area contributed by atoms with E-state index in [0.717, 1.165) is 11.1 Å². The highest BCUT2D eigenvalue weighted by Gasteiger charge is 2.17. The molecule has 24 heavy (non-hydrogen) atoms. The topological polar surface area (TPSA) is 48.4 Å². The van der Waals surface area contributed by atoms with Crippen LogP contribution < -0.4 is 4.74 Å². The lowest BCUT2D eigenvalue weighted by Crippen LogP contribution is -2.09. The minimum atomic E-state index is -0.518. The molecular weight excluding hydrogens is 302 g/mol. The Morgan fingerprint density at radius 1 is 0.917 bits per heavy atom. The number of esters is 1. The zero-order valence-electron chi connectivity index (χ0n) is 13.3. The lowest BCUT2D eigenvalue weighted by atomic mass is 10.1. The number of nitrogens with zero attached hydrogens (tertiary/aromatic N) is 1. The normalized spacial score (nSPS) is 10.2. The van der Waals surface area contributed by atoms with Gasteiger partial charge in [-0.25, -0.2) is 9.78 Å². The lowest BCUT2D eigenvalue weighted by Gasteiger charge is -2.11. The highest BCUT2D eigenvalue weighted by molar-refractivity contribution is 5.91. The fraction of sp³-hybridized carbons (Fsp3) is 0.100. The first-order valence-electron chi connectivity index (χ1n) is 7.59. The minimum Gasteiger partial charge on any atom is -0.486 e. The van der Waals surface area contributed by atoms with Gasteiger partial charge in [0.2, 0.25) is 0 Å². The monoisotopic (exact) mass is 319 g/mol. The third-order valence-corrected chi connectivity index (χ3v) is 3.54. The van der Waals surface area contributed by atoms with Crippen LogP contribution in [0.3, 0.4) is 0 Å². The summed E-state index contributed by atoms with van der Waals surface area (Å²) in [4.78, 5) is 16.5. The fourth-order valence-corrected chi connectivity index (χ4v) is 2.31. The van der Waals surface area contributed by atoms with Crippen LogP contribution >= 0.6 is 0 Å². The van der Waals surface area contributed by atoms with Crippen molar-refractivity contribution in [3.63, 3.8) is 0 Å². The fourth-order valence-electron chi connectivity index (χ4n) is 2.31. The SMILES string of the molecule is COC(=O)c1nc(-c2ccccc2)ccc1OCc1ccccc1. The zero-order chi connectivity index (χ0) is 16.8. The van der Waals surface area contributed by atoms with Crippen molar-refractivity contribution < 1.29 is 14.3 Å². The number of methoxy groups -OCH3 is 1. The van der Waals surface area contributed by atoms with Gasteiger partial charge >= 0.3 is 5.97 Å². The molecule has 0 amide bonds. The van der Waals surface area contributed by atoms with Crippen molar-refractivity contribution in [1.82, 2.24) is 4.98 Å². The van der Waals surface area contributed by atoms with E-state index in [1.54, 1.807) is 6.07 Å². The van der Waals surface area contributed by atoms with Gasteiger partial charge < -0.3 is 9.47 Å². The van der Waals surface area contributed by atoms with Crippen LogP contribution in [-0.4, -0.2) is 18.1 Å². The Balaban J connectivity index is 1.89. The van der Waals surface area contributed by atoms with E-state index in [1.807, 2.05) is 66.7 Å². The van der Waals surface area contributed by atoms with Gasteiger partial charge in [-0.15, -0.1) is 0 Å². The van der Waals surface area contributed by atoms with Crippen molar-refractivity contribution in [2.45, 2.75) is 6.61 Å². The maximum atomic E-state index is 12.1. The first-order valence-corrected chi connectivity index (χ1v) is 7.59. The Hall–Kier alpha value is -3.14. The van der Waals surface area contributed by atoms with Crippen LogP contribution in [0.4, 0.5) is 0 Å². The molecule has 3 rings (SSSR count). The van der Waals surface area contributed by atoms with Gasteiger partial charge in [0, 0.05) is 5.56 Å². The van der Waals surface area contributed by atoms with E-state index in [-0.39, 0.29) is 5.69 Å². The molecule has 0 N–H and O–H groups in total. The second-order valence-corrected chi connectivity index (χ2v) is 5.18. The van der Waals surface area contributed by atoms with Crippen LogP contribution in [0.25, 0.3) is 11.3 Å². The summed E-state index contributed by atoms with van der Waals surface area (Å²) in [5, 5.41) is 0. The number of rotatable bonds is 5. The van der Waals surface area contributed by atoms with Gasteiger partial charge in [0.15, 0.2) is 11.4 Å². The van der Waals surface area contributed by atoms with E-state index >= 15 is 0 Å². The van der Waals surface area contributed by atoms with Gasteiger partial charge in [0.25, 0.3) is 0 Å². The van der Waals surface area contributed by atoms with Crippen LogP contribution in [0.1, 0.15) is 16.1 Å².